The fraction of sp³-hybridized carbons (Fsp3) is 0.0833. The molecule has 6 heteroatoms. The Morgan fingerprint density at radius 1 is 1.39 bits per heavy atom. The highest BCUT2D eigenvalue weighted by Crippen LogP contribution is 2.22. The summed E-state index contributed by atoms with van der Waals surface area (Å²) in [4.78, 5) is 22.7. The molecule has 18 heavy (non-hydrogen) atoms. The van der Waals surface area contributed by atoms with Crippen molar-refractivity contribution in [2.24, 2.45) is 0 Å². The lowest BCUT2D eigenvalue weighted by Crippen LogP contribution is -2.11. The minimum atomic E-state index is -0.564. The minimum Gasteiger partial charge on any atom is -0.453 e. The van der Waals surface area contributed by atoms with Crippen LogP contribution in [0.4, 0.5) is 10.7 Å². The summed E-state index contributed by atoms with van der Waals surface area (Å²) in [7, 11) is 1.30. The maximum absolute atomic E-state index is 11.1. The van der Waals surface area contributed by atoms with Gasteiger partial charge in [-0.15, -0.1) is 0 Å². The Balaban J connectivity index is 2.16. The summed E-state index contributed by atoms with van der Waals surface area (Å²) >= 11 is 0. The average molecular weight is 242 g/mol. The number of nitrogens with one attached hydrogen (secondary N) is 2. The highest BCUT2D eigenvalue weighted by molar-refractivity contribution is 6.02. The summed E-state index contributed by atoms with van der Waals surface area (Å²) < 4.78 is 4.51. The monoisotopic (exact) mass is 242 g/mol. The van der Waals surface area contributed by atoms with E-state index in [-0.39, 0.29) is 0 Å². The van der Waals surface area contributed by atoms with Gasteiger partial charge in [0.15, 0.2) is 0 Å². The van der Waals surface area contributed by atoms with Gasteiger partial charge in [-0.25, -0.2) is 9.78 Å². The van der Waals surface area contributed by atoms with Crippen molar-refractivity contribution < 1.29 is 9.53 Å². The maximum atomic E-state index is 11.1. The van der Waals surface area contributed by atoms with E-state index in [9.17, 15) is 4.79 Å². The zero-order valence-corrected chi connectivity index (χ0v) is 9.60. The van der Waals surface area contributed by atoms with Gasteiger partial charge in [-0.05, 0) is 6.07 Å². The van der Waals surface area contributed by atoms with E-state index in [0.29, 0.717) is 5.95 Å². The number of rotatable bonds is 1. The Hall–Kier alpha value is -2.63. The van der Waals surface area contributed by atoms with Crippen LogP contribution in [0.2, 0.25) is 0 Å². The van der Waals surface area contributed by atoms with Crippen LogP contribution in [0.5, 0.6) is 0 Å². The third-order valence-corrected chi connectivity index (χ3v) is 2.63. The molecule has 0 aliphatic heterocycles. The second-order valence-electron chi connectivity index (χ2n) is 3.74. The van der Waals surface area contributed by atoms with Crippen LogP contribution in [0.3, 0.4) is 0 Å². The zero-order chi connectivity index (χ0) is 12.5. The van der Waals surface area contributed by atoms with E-state index in [1.54, 1.807) is 6.20 Å². The number of methoxy groups -OCH3 is 1. The summed E-state index contributed by atoms with van der Waals surface area (Å²) in [5.41, 5.74) is 2.40. The largest absolute Gasteiger partial charge is 0.453 e. The van der Waals surface area contributed by atoms with E-state index < -0.39 is 6.09 Å². The van der Waals surface area contributed by atoms with Crippen LogP contribution < -0.4 is 5.32 Å². The summed E-state index contributed by atoms with van der Waals surface area (Å²) in [6.07, 6.45) is 1.12. The van der Waals surface area contributed by atoms with E-state index in [0.717, 1.165) is 21.9 Å². The third-order valence-electron chi connectivity index (χ3n) is 2.63. The van der Waals surface area contributed by atoms with Gasteiger partial charge in [0.2, 0.25) is 5.95 Å². The molecule has 90 valence electrons. The first kappa shape index (κ1) is 10.5. The van der Waals surface area contributed by atoms with Crippen molar-refractivity contribution in [1.82, 2.24) is 15.0 Å². The van der Waals surface area contributed by atoms with Crippen LogP contribution in [0, 0.1) is 0 Å². The predicted octanol–water partition coefficient (Wildman–Crippen LogP) is 2.29. The summed E-state index contributed by atoms with van der Waals surface area (Å²) in [6.45, 7) is 0. The lowest BCUT2D eigenvalue weighted by Gasteiger charge is -1.97. The fourth-order valence-electron chi connectivity index (χ4n) is 1.81. The first-order valence-corrected chi connectivity index (χ1v) is 5.36. The molecule has 0 atom stereocenters. The van der Waals surface area contributed by atoms with E-state index >= 15 is 0 Å². The smallest absolute Gasteiger partial charge is 0.413 e. The predicted molar refractivity (Wildman–Crippen MR) is 67.4 cm³/mol. The first-order valence-electron chi connectivity index (χ1n) is 5.36. The number of fused-ring (bicyclic) bond motifs is 3. The Labute approximate surface area is 102 Å². The molecule has 6 nitrogen and oxygen atoms in total. The van der Waals surface area contributed by atoms with Crippen LogP contribution in [0.1, 0.15) is 0 Å². The third kappa shape index (κ3) is 1.64. The van der Waals surface area contributed by atoms with Crippen molar-refractivity contribution in [3.8, 4) is 0 Å². The second kappa shape index (κ2) is 3.99. The van der Waals surface area contributed by atoms with Crippen LogP contribution in [0.25, 0.3) is 21.9 Å². The van der Waals surface area contributed by atoms with E-state index in [1.165, 1.54) is 7.11 Å². The number of hydrogen-bond donors (Lipinski definition) is 2. The van der Waals surface area contributed by atoms with Gasteiger partial charge in [-0.3, -0.25) is 10.3 Å². The molecule has 0 bridgehead atoms. The van der Waals surface area contributed by atoms with Gasteiger partial charge in [0.1, 0.15) is 5.52 Å². The minimum absolute atomic E-state index is 0.343. The number of aromatic amines is 1. The number of carbonyl (C=O) groups is 1. The Morgan fingerprint density at radius 2 is 2.22 bits per heavy atom. The molecule has 1 aromatic carbocycles. The number of imidazole rings is 1. The molecule has 0 aliphatic rings. The van der Waals surface area contributed by atoms with Crippen molar-refractivity contribution in [3.05, 3.63) is 30.5 Å². The number of carbonyl (C=O) groups excluding carboxylic acids is 1. The topological polar surface area (TPSA) is 79.9 Å². The van der Waals surface area contributed by atoms with Crippen molar-refractivity contribution in [2.75, 3.05) is 12.4 Å². The SMILES string of the molecule is COC(=O)Nc1nc2c(cnc3ccccc32)[nH]1. The highest BCUT2D eigenvalue weighted by atomic mass is 16.5. The van der Waals surface area contributed by atoms with E-state index in [4.69, 9.17) is 0 Å². The van der Waals surface area contributed by atoms with Crippen molar-refractivity contribution in [1.29, 1.82) is 0 Å². The van der Waals surface area contributed by atoms with Crippen LogP contribution >= 0.6 is 0 Å². The quantitative estimate of drug-likeness (QED) is 0.686. The molecule has 0 saturated carbocycles. The molecule has 3 rings (SSSR count). The molecule has 2 N–H and O–H groups in total. The maximum Gasteiger partial charge on any atom is 0.413 e. The number of benzene rings is 1. The molecule has 0 fully saturated rings. The van der Waals surface area contributed by atoms with Gasteiger partial charge in [0.25, 0.3) is 0 Å². The van der Waals surface area contributed by atoms with Gasteiger partial charge < -0.3 is 9.72 Å². The molecular weight excluding hydrogens is 232 g/mol. The molecule has 0 saturated heterocycles. The molecule has 1 amide bonds. The van der Waals surface area contributed by atoms with Gasteiger partial charge in [-0.2, -0.15) is 0 Å². The number of ether oxygens (including phenoxy) is 1. The van der Waals surface area contributed by atoms with Gasteiger partial charge in [0.05, 0.1) is 24.3 Å². The average Bonchev–Trinajstić information content (AvgIpc) is 2.81. The standard InChI is InChI=1S/C12H10N4O2/c1-18-12(17)16-11-14-9-6-13-8-5-3-2-4-7(8)10(9)15-11/h2-6H,1H3,(H2,14,15,16,17). The Bertz CT molecular complexity index is 735. The number of hydrogen-bond acceptors (Lipinski definition) is 4. The number of para-hydroxylation sites is 1. The van der Waals surface area contributed by atoms with Gasteiger partial charge >= 0.3 is 6.09 Å². The van der Waals surface area contributed by atoms with Crippen molar-refractivity contribution >= 4 is 34.0 Å². The van der Waals surface area contributed by atoms with Crippen LogP contribution in [-0.4, -0.2) is 28.2 Å². The molecular formula is C12H10N4O2. The zero-order valence-electron chi connectivity index (χ0n) is 9.60. The Kier molecular flexibility index (Phi) is 2.33. The molecule has 2 aromatic heterocycles. The lowest BCUT2D eigenvalue weighted by atomic mass is 10.2. The van der Waals surface area contributed by atoms with Crippen molar-refractivity contribution in [2.45, 2.75) is 0 Å². The molecule has 3 aromatic rings. The molecule has 2 heterocycles. The number of pyridine rings is 1. The van der Waals surface area contributed by atoms with Crippen LogP contribution in [0.15, 0.2) is 30.5 Å². The summed E-state index contributed by atoms with van der Waals surface area (Å²) in [5.74, 6) is 0.343. The highest BCUT2D eigenvalue weighted by Gasteiger charge is 2.09. The summed E-state index contributed by atoms with van der Waals surface area (Å²) in [6, 6.07) is 7.69. The van der Waals surface area contributed by atoms with E-state index in [2.05, 4.69) is 25.0 Å². The number of nitrogens with zero attached hydrogens (tertiary/aromatic N) is 2. The summed E-state index contributed by atoms with van der Waals surface area (Å²) in [5, 5.41) is 3.42. The molecule has 0 unspecified atom stereocenters. The number of anilines is 1. The number of aromatic nitrogens is 3. The van der Waals surface area contributed by atoms with Crippen LogP contribution in [-0.2, 0) is 4.74 Å². The van der Waals surface area contributed by atoms with Gasteiger partial charge in [0, 0.05) is 5.39 Å². The van der Waals surface area contributed by atoms with E-state index in [1.807, 2.05) is 24.3 Å². The number of H-pyrrole nitrogens is 1. The Morgan fingerprint density at radius 3 is 3.06 bits per heavy atom. The fourth-order valence-corrected chi connectivity index (χ4v) is 1.81. The normalized spacial score (nSPS) is 10.7. The lowest BCUT2D eigenvalue weighted by molar-refractivity contribution is 0.186. The first-order chi connectivity index (χ1) is 8.78. The molecule has 0 aliphatic carbocycles. The molecule has 0 radical (unpaired) electrons. The van der Waals surface area contributed by atoms with Gasteiger partial charge in [-0.1, -0.05) is 18.2 Å². The molecule has 0 spiro atoms. The van der Waals surface area contributed by atoms with Crippen molar-refractivity contribution in [3.63, 3.8) is 0 Å². The number of amides is 1. The second-order valence-corrected chi connectivity index (χ2v) is 3.74.